The van der Waals surface area contributed by atoms with Crippen LogP contribution in [0.2, 0.25) is 0 Å². The Morgan fingerprint density at radius 2 is 0.649 bits per heavy atom. The molecule has 0 saturated carbocycles. The summed E-state index contributed by atoms with van der Waals surface area (Å²) in [5.41, 5.74) is 17.2. The number of nitrogens with zero attached hydrogens (tertiary/aromatic N) is 5. The number of carbonyl (C=O) groups is 1. The summed E-state index contributed by atoms with van der Waals surface area (Å²) >= 11 is 0. The Balaban J connectivity index is 1.05. The van der Waals surface area contributed by atoms with E-state index >= 15 is 4.79 Å². The standard InChI is InChI=1S/C71H47N5O/c77-67-59-30-16-18-32-61(59)71(62-33-19-17-31-60(62)67)63-46-54(70-73-68(52-24-10-3-11-25-52)72-69(74-70)53-26-12-4-13-27-53)38-44-65(63)76(55-28-14-5-15-29-55)66-45-43-58(47-64(66)71)75(56-39-34-50(35-40-56)48-20-6-1-7-21-48)57-41-36-51(37-42-57)49-22-8-2-9-23-49/h1-47H. The molecule has 2 heterocycles. The third-order valence-electron chi connectivity index (χ3n) is 15.1. The second-order valence-corrected chi connectivity index (χ2v) is 19.5. The van der Waals surface area contributed by atoms with E-state index in [-0.39, 0.29) is 5.78 Å². The van der Waals surface area contributed by atoms with Crippen molar-refractivity contribution < 1.29 is 4.79 Å². The van der Waals surface area contributed by atoms with Crippen molar-refractivity contribution in [3.63, 3.8) is 0 Å². The zero-order chi connectivity index (χ0) is 51.3. The Labute approximate surface area is 447 Å². The fourth-order valence-corrected chi connectivity index (χ4v) is 11.6. The molecule has 1 aliphatic carbocycles. The molecule has 11 aromatic carbocycles. The van der Waals surface area contributed by atoms with Gasteiger partial charge in [0, 0.05) is 50.6 Å². The van der Waals surface area contributed by atoms with Crippen LogP contribution >= 0.6 is 0 Å². The third-order valence-corrected chi connectivity index (χ3v) is 15.1. The van der Waals surface area contributed by atoms with E-state index in [0.29, 0.717) is 28.6 Å². The van der Waals surface area contributed by atoms with E-state index in [4.69, 9.17) is 15.0 Å². The van der Waals surface area contributed by atoms with E-state index in [1.165, 1.54) is 0 Å². The summed E-state index contributed by atoms with van der Waals surface area (Å²) in [5, 5.41) is 0. The molecule has 77 heavy (non-hydrogen) atoms. The van der Waals surface area contributed by atoms with E-state index in [9.17, 15) is 0 Å². The van der Waals surface area contributed by atoms with Gasteiger partial charge in [0.25, 0.3) is 0 Å². The van der Waals surface area contributed by atoms with Gasteiger partial charge in [0.1, 0.15) is 0 Å². The summed E-state index contributed by atoms with van der Waals surface area (Å²) in [7, 11) is 0. The minimum absolute atomic E-state index is 0.00108. The molecule has 0 N–H and O–H groups in total. The summed E-state index contributed by atoms with van der Waals surface area (Å²) in [5.74, 6) is 1.70. The van der Waals surface area contributed by atoms with Gasteiger partial charge in [-0.15, -0.1) is 0 Å². The van der Waals surface area contributed by atoms with Gasteiger partial charge in [-0.1, -0.05) is 212 Å². The molecule has 2 aliphatic rings. The molecule has 0 bridgehead atoms. The maximum absolute atomic E-state index is 15.0. The van der Waals surface area contributed by atoms with Crippen molar-refractivity contribution in [2.45, 2.75) is 5.41 Å². The first-order valence-corrected chi connectivity index (χ1v) is 26.0. The summed E-state index contributed by atoms with van der Waals surface area (Å²) in [6, 6.07) is 99.3. The summed E-state index contributed by atoms with van der Waals surface area (Å²) in [6.45, 7) is 0. The van der Waals surface area contributed by atoms with Crippen LogP contribution in [0.1, 0.15) is 38.2 Å². The first-order valence-electron chi connectivity index (χ1n) is 26.0. The van der Waals surface area contributed by atoms with Gasteiger partial charge >= 0.3 is 0 Å². The van der Waals surface area contributed by atoms with E-state index in [1.54, 1.807) is 0 Å². The van der Waals surface area contributed by atoms with Crippen LogP contribution in [0.3, 0.4) is 0 Å². The minimum atomic E-state index is -1.03. The average molecular weight is 986 g/mol. The maximum Gasteiger partial charge on any atom is 0.193 e. The number of hydrogen-bond donors (Lipinski definition) is 0. The highest BCUT2D eigenvalue weighted by atomic mass is 16.1. The molecular formula is C71H47N5O. The predicted octanol–water partition coefficient (Wildman–Crippen LogP) is 17.4. The molecule has 362 valence electrons. The van der Waals surface area contributed by atoms with Crippen molar-refractivity contribution in [2.75, 3.05) is 9.80 Å². The van der Waals surface area contributed by atoms with Crippen molar-refractivity contribution in [1.29, 1.82) is 0 Å². The lowest BCUT2D eigenvalue weighted by Gasteiger charge is -2.49. The number of benzene rings is 11. The molecule has 0 unspecified atom stereocenters. The molecule has 0 radical (unpaired) electrons. The molecule has 1 spiro atoms. The fraction of sp³-hybridized carbons (Fsp3) is 0.0141. The Hall–Kier alpha value is -10.3. The zero-order valence-electron chi connectivity index (χ0n) is 41.8. The van der Waals surface area contributed by atoms with Crippen molar-refractivity contribution in [2.24, 2.45) is 0 Å². The number of para-hydroxylation sites is 1. The van der Waals surface area contributed by atoms with Crippen LogP contribution in [-0.2, 0) is 5.41 Å². The van der Waals surface area contributed by atoms with Crippen LogP contribution in [0.15, 0.2) is 285 Å². The van der Waals surface area contributed by atoms with Crippen molar-refractivity contribution in [1.82, 2.24) is 15.0 Å². The molecule has 0 atom stereocenters. The van der Waals surface area contributed by atoms with Gasteiger partial charge in [-0.25, -0.2) is 15.0 Å². The molecule has 12 aromatic rings. The van der Waals surface area contributed by atoms with E-state index in [2.05, 4.69) is 210 Å². The molecule has 6 nitrogen and oxygen atoms in total. The van der Waals surface area contributed by atoms with Crippen LogP contribution in [0.5, 0.6) is 0 Å². The molecular weight excluding hydrogens is 939 g/mol. The topological polar surface area (TPSA) is 62.2 Å². The molecule has 1 aliphatic heterocycles. The third kappa shape index (κ3) is 7.73. The first kappa shape index (κ1) is 45.3. The van der Waals surface area contributed by atoms with Crippen molar-refractivity contribution >= 4 is 39.9 Å². The highest BCUT2D eigenvalue weighted by Crippen LogP contribution is 2.61. The van der Waals surface area contributed by atoms with Crippen LogP contribution in [0.4, 0.5) is 34.1 Å². The Morgan fingerprint density at radius 1 is 0.299 bits per heavy atom. The number of hydrogen-bond acceptors (Lipinski definition) is 6. The highest BCUT2D eigenvalue weighted by molar-refractivity contribution is 6.15. The largest absolute Gasteiger partial charge is 0.310 e. The monoisotopic (exact) mass is 985 g/mol. The normalized spacial score (nSPS) is 12.8. The molecule has 0 fully saturated rings. The first-order chi connectivity index (χ1) is 38.1. The van der Waals surface area contributed by atoms with E-state index in [1.807, 2.05) is 84.9 Å². The molecule has 0 saturated heterocycles. The second-order valence-electron chi connectivity index (χ2n) is 19.5. The Morgan fingerprint density at radius 3 is 1.13 bits per heavy atom. The van der Waals surface area contributed by atoms with Crippen LogP contribution in [-0.4, -0.2) is 20.7 Å². The lowest BCUT2D eigenvalue weighted by Crippen LogP contribution is -2.42. The zero-order valence-corrected chi connectivity index (χ0v) is 41.8. The second kappa shape index (κ2) is 18.9. The van der Waals surface area contributed by atoms with Gasteiger partial charge in [0.15, 0.2) is 23.3 Å². The fourth-order valence-electron chi connectivity index (χ4n) is 11.6. The number of aromatic nitrogens is 3. The van der Waals surface area contributed by atoms with Gasteiger partial charge in [0.2, 0.25) is 0 Å². The SMILES string of the molecule is O=C1c2ccccc2C2(c3ccccc31)c1cc(-c3nc(-c4ccccc4)nc(-c4ccccc4)n3)ccc1N(c1ccccc1)c1ccc(N(c3ccc(-c4ccccc4)cc3)c3ccc(-c4ccccc4)cc3)cc12. The quantitative estimate of drug-likeness (QED) is 0.144. The van der Waals surface area contributed by atoms with Crippen LogP contribution in [0.25, 0.3) is 56.4 Å². The van der Waals surface area contributed by atoms with Gasteiger partial charge in [0.05, 0.1) is 16.8 Å². The molecule has 14 rings (SSSR count). The predicted molar refractivity (Wildman–Crippen MR) is 312 cm³/mol. The minimum Gasteiger partial charge on any atom is -0.310 e. The Bertz CT molecular complexity index is 3960. The summed E-state index contributed by atoms with van der Waals surface area (Å²) in [4.78, 5) is 35.3. The maximum atomic E-state index is 15.0. The number of ketones is 1. The number of rotatable bonds is 9. The Kier molecular flexibility index (Phi) is 11.1. The summed E-state index contributed by atoms with van der Waals surface area (Å²) in [6.07, 6.45) is 0. The lowest BCUT2D eigenvalue weighted by atomic mass is 9.57. The molecule has 0 amide bonds. The van der Waals surface area contributed by atoms with Crippen LogP contribution in [0, 0.1) is 0 Å². The lowest BCUT2D eigenvalue weighted by molar-refractivity contribution is 0.103. The van der Waals surface area contributed by atoms with Gasteiger partial charge in [-0.2, -0.15) is 0 Å². The van der Waals surface area contributed by atoms with E-state index < -0.39 is 5.41 Å². The number of carbonyl (C=O) groups excluding carboxylic acids is 1. The highest BCUT2D eigenvalue weighted by Gasteiger charge is 2.52. The average Bonchev–Trinajstić information content (AvgIpc) is 3.63. The van der Waals surface area contributed by atoms with Gasteiger partial charge in [-0.05, 0) is 117 Å². The number of anilines is 6. The van der Waals surface area contributed by atoms with E-state index in [0.717, 1.165) is 95.3 Å². The van der Waals surface area contributed by atoms with Crippen LogP contribution < -0.4 is 9.80 Å². The van der Waals surface area contributed by atoms with Gasteiger partial charge < -0.3 is 9.80 Å². The summed E-state index contributed by atoms with van der Waals surface area (Å²) < 4.78 is 0. The number of fused-ring (bicyclic) bond motifs is 8. The van der Waals surface area contributed by atoms with Crippen molar-refractivity contribution in [3.8, 4) is 56.4 Å². The molecule has 6 heteroatoms. The molecule has 1 aromatic heterocycles. The van der Waals surface area contributed by atoms with Gasteiger partial charge in [-0.3, -0.25) is 4.79 Å². The van der Waals surface area contributed by atoms with Crippen molar-refractivity contribution in [3.05, 3.63) is 318 Å². The smallest absolute Gasteiger partial charge is 0.193 e.